The Morgan fingerprint density at radius 3 is 3.04 bits per heavy atom. The molecule has 0 radical (unpaired) electrons. The number of nitrogens with one attached hydrogen (secondary N) is 2. The van der Waals surface area contributed by atoms with E-state index in [-0.39, 0.29) is 30.0 Å². The van der Waals surface area contributed by atoms with Gasteiger partial charge in [-0.3, -0.25) is 4.99 Å². The van der Waals surface area contributed by atoms with Crippen LogP contribution in [0, 0.1) is 6.92 Å². The monoisotopic (exact) mass is 491 g/mol. The number of aromatic nitrogens is 4. The van der Waals surface area contributed by atoms with Crippen LogP contribution in [0.15, 0.2) is 11.2 Å². The summed E-state index contributed by atoms with van der Waals surface area (Å²) in [7, 11) is 3.45. The van der Waals surface area contributed by atoms with Crippen molar-refractivity contribution in [1.29, 1.82) is 0 Å². The van der Waals surface area contributed by atoms with Gasteiger partial charge in [0.1, 0.15) is 12.4 Å². The van der Waals surface area contributed by atoms with Crippen molar-refractivity contribution in [3.05, 3.63) is 27.7 Å². The Balaban J connectivity index is 0.00000243. The predicted molar refractivity (Wildman–Crippen MR) is 113 cm³/mol. The number of aliphatic imine (C=N–C) groups is 1. The first-order valence-electron chi connectivity index (χ1n) is 8.48. The lowest BCUT2D eigenvalue weighted by atomic mass is 10.1. The second kappa shape index (κ2) is 10.2. The Labute approximate surface area is 174 Å². The summed E-state index contributed by atoms with van der Waals surface area (Å²) in [5.41, 5.74) is 0. The van der Waals surface area contributed by atoms with E-state index in [1.165, 1.54) is 4.88 Å². The van der Waals surface area contributed by atoms with Crippen molar-refractivity contribution in [2.75, 3.05) is 20.7 Å². The molecule has 0 bridgehead atoms. The Kier molecular flexibility index (Phi) is 8.22. The van der Waals surface area contributed by atoms with E-state index in [0.717, 1.165) is 55.0 Å². The number of fused-ring (bicyclic) bond motifs is 1. The van der Waals surface area contributed by atoms with Crippen LogP contribution in [-0.2, 0) is 30.7 Å². The molecular formula is C16H26IN7OS. The third kappa shape index (κ3) is 5.61. The van der Waals surface area contributed by atoms with Gasteiger partial charge in [0.15, 0.2) is 11.8 Å². The topological polar surface area (TPSA) is 89.2 Å². The Bertz CT molecular complexity index is 730. The standard InChI is InChI=1S/C16H25N7OS.HI/c1-11-8-19-15(25-11)6-7-18-16(17-2)20-12-4-5-14-21-13(10-24-3)22-23(14)9-12;/h8,12H,4-7,9-10H2,1-3H3,(H2,17,18,20);1H. The van der Waals surface area contributed by atoms with Crippen LogP contribution in [0.2, 0.25) is 0 Å². The summed E-state index contributed by atoms with van der Waals surface area (Å²) in [5.74, 6) is 2.60. The van der Waals surface area contributed by atoms with Gasteiger partial charge in [-0.2, -0.15) is 5.10 Å². The zero-order valence-corrected chi connectivity index (χ0v) is 18.5. The molecule has 1 aliphatic rings. The van der Waals surface area contributed by atoms with E-state index < -0.39 is 0 Å². The normalized spacial score (nSPS) is 16.7. The van der Waals surface area contributed by atoms with Gasteiger partial charge in [0.25, 0.3) is 0 Å². The summed E-state index contributed by atoms with van der Waals surface area (Å²) >= 11 is 1.74. The fourth-order valence-electron chi connectivity index (χ4n) is 2.86. The van der Waals surface area contributed by atoms with E-state index >= 15 is 0 Å². The molecule has 8 nitrogen and oxygen atoms in total. The average molecular weight is 491 g/mol. The van der Waals surface area contributed by atoms with Crippen LogP contribution < -0.4 is 10.6 Å². The zero-order chi connectivity index (χ0) is 17.6. The molecule has 2 N–H and O–H groups in total. The fraction of sp³-hybridized carbons (Fsp3) is 0.625. The molecule has 3 rings (SSSR count). The van der Waals surface area contributed by atoms with Crippen molar-refractivity contribution in [3.8, 4) is 0 Å². The summed E-state index contributed by atoms with van der Waals surface area (Å²) in [5, 5.41) is 12.5. The predicted octanol–water partition coefficient (Wildman–Crippen LogP) is 1.53. The quantitative estimate of drug-likeness (QED) is 0.362. The highest BCUT2D eigenvalue weighted by Gasteiger charge is 2.22. The molecule has 0 saturated carbocycles. The molecule has 0 aliphatic carbocycles. The zero-order valence-electron chi connectivity index (χ0n) is 15.4. The van der Waals surface area contributed by atoms with Crippen LogP contribution in [0.25, 0.3) is 0 Å². The number of hydrogen-bond acceptors (Lipinski definition) is 6. The molecular weight excluding hydrogens is 465 g/mol. The van der Waals surface area contributed by atoms with Crippen molar-refractivity contribution < 1.29 is 4.74 Å². The number of halogens is 1. The van der Waals surface area contributed by atoms with Crippen LogP contribution in [0.5, 0.6) is 0 Å². The molecule has 0 amide bonds. The van der Waals surface area contributed by atoms with Gasteiger partial charge in [0.2, 0.25) is 0 Å². The van der Waals surface area contributed by atoms with Crippen molar-refractivity contribution in [2.45, 2.75) is 45.4 Å². The van der Waals surface area contributed by atoms with Crippen molar-refractivity contribution in [2.24, 2.45) is 4.99 Å². The Hall–Kier alpha value is -1.27. The smallest absolute Gasteiger partial charge is 0.191 e. The molecule has 1 aliphatic heterocycles. The summed E-state index contributed by atoms with van der Waals surface area (Å²) in [6.07, 6.45) is 4.74. The minimum Gasteiger partial charge on any atom is -0.377 e. The van der Waals surface area contributed by atoms with Crippen molar-refractivity contribution >= 4 is 41.3 Å². The number of thiazole rings is 1. The highest BCUT2D eigenvalue weighted by molar-refractivity contribution is 14.0. The number of guanidine groups is 1. The lowest BCUT2D eigenvalue weighted by Gasteiger charge is -2.25. The molecule has 144 valence electrons. The maximum atomic E-state index is 5.11. The Morgan fingerprint density at radius 1 is 1.50 bits per heavy atom. The first-order valence-corrected chi connectivity index (χ1v) is 9.29. The van der Waals surface area contributed by atoms with Gasteiger partial charge in [0.05, 0.1) is 11.6 Å². The maximum Gasteiger partial charge on any atom is 0.191 e. The molecule has 2 aromatic rings. The summed E-state index contributed by atoms with van der Waals surface area (Å²) < 4.78 is 7.08. The molecule has 26 heavy (non-hydrogen) atoms. The van der Waals surface area contributed by atoms with Crippen LogP contribution in [0.1, 0.15) is 28.0 Å². The number of aryl methyl sites for hydroxylation is 2. The number of nitrogens with zero attached hydrogens (tertiary/aromatic N) is 5. The third-order valence-electron chi connectivity index (χ3n) is 4.04. The maximum absolute atomic E-state index is 5.11. The Morgan fingerprint density at radius 2 is 2.35 bits per heavy atom. The SMILES string of the molecule is CN=C(NCCc1ncc(C)s1)NC1CCc2nc(COC)nn2C1.I. The number of ether oxygens (including phenoxy) is 1. The van der Waals surface area contributed by atoms with Gasteiger partial charge in [-0.05, 0) is 13.3 Å². The molecule has 0 saturated heterocycles. The molecule has 0 spiro atoms. The van der Waals surface area contributed by atoms with Gasteiger partial charge in [0, 0.05) is 50.7 Å². The van der Waals surface area contributed by atoms with E-state index in [1.54, 1.807) is 25.5 Å². The van der Waals surface area contributed by atoms with Crippen LogP contribution in [-0.4, -0.2) is 52.5 Å². The van der Waals surface area contributed by atoms with Crippen molar-refractivity contribution in [1.82, 2.24) is 30.4 Å². The first kappa shape index (κ1) is 21.0. The van der Waals surface area contributed by atoms with E-state index in [1.807, 2.05) is 10.9 Å². The van der Waals surface area contributed by atoms with Gasteiger partial charge < -0.3 is 15.4 Å². The fourth-order valence-corrected chi connectivity index (χ4v) is 3.65. The molecule has 10 heteroatoms. The van der Waals surface area contributed by atoms with Crippen LogP contribution in [0.3, 0.4) is 0 Å². The minimum atomic E-state index is 0. The van der Waals surface area contributed by atoms with E-state index in [4.69, 9.17) is 4.74 Å². The van der Waals surface area contributed by atoms with E-state index in [0.29, 0.717) is 6.61 Å². The first-order chi connectivity index (χ1) is 12.2. The number of hydrogen-bond donors (Lipinski definition) is 2. The summed E-state index contributed by atoms with van der Waals surface area (Å²) in [4.78, 5) is 14.5. The lowest BCUT2D eigenvalue weighted by molar-refractivity contribution is 0.177. The minimum absolute atomic E-state index is 0. The van der Waals surface area contributed by atoms with Gasteiger partial charge in [-0.25, -0.2) is 14.6 Å². The van der Waals surface area contributed by atoms with E-state index in [9.17, 15) is 0 Å². The molecule has 1 atom stereocenters. The van der Waals surface area contributed by atoms with Crippen LogP contribution in [0.4, 0.5) is 0 Å². The molecule has 3 heterocycles. The summed E-state index contributed by atoms with van der Waals surface area (Å²) in [6.45, 7) is 4.14. The summed E-state index contributed by atoms with van der Waals surface area (Å²) in [6, 6.07) is 0.290. The van der Waals surface area contributed by atoms with Gasteiger partial charge in [-0.1, -0.05) is 0 Å². The van der Waals surface area contributed by atoms with Gasteiger partial charge >= 0.3 is 0 Å². The lowest BCUT2D eigenvalue weighted by Crippen LogP contribution is -2.47. The molecule has 0 fully saturated rings. The average Bonchev–Trinajstić information content (AvgIpc) is 3.19. The van der Waals surface area contributed by atoms with Crippen LogP contribution >= 0.6 is 35.3 Å². The highest BCUT2D eigenvalue weighted by Crippen LogP contribution is 2.14. The molecule has 1 unspecified atom stereocenters. The number of methoxy groups -OCH3 is 1. The number of rotatable bonds is 6. The molecule has 0 aromatic carbocycles. The second-order valence-corrected chi connectivity index (χ2v) is 7.37. The third-order valence-corrected chi connectivity index (χ3v) is 5.01. The molecule has 2 aromatic heterocycles. The van der Waals surface area contributed by atoms with Gasteiger partial charge in [-0.15, -0.1) is 35.3 Å². The van der Waals surface area contributed by atoms with E-state index in [2.05, 4.69) is 37.6 Å². The highest BCUT2D eigenvalue weighted by atomic mass is 127. The van der Waals surface area contributed by atoms with Crippen molar-refractivity contribution in [3.63, 3.8) is 0 Å². The second-order valence-electron chi connectivity index (χ2n) is 6.05. The largest absolute Gasteiger partial charge is 0.377 e.